The molecule has 0 spiro atoms. The average Bonchev–Trinajstić information content (AvgIpc) is 2.04. The van der Waals surface area contributed by atoms with E-state index in [1.54, 1.807) is 0 Å². The summed E-state index contributed by atoms with van der Waals surface area (Å²) in [6.07, 6.45) is 2.97. The van der Waals surface area contributed by atoms with E-state index in [2.05, 4.69) is 0 Å². The van der Waals surface area contributed by atoms with Crippen LogP contribution in [0.15, 0.2) is 0 Å². The molecule has 1 N–H and O–H groups in total. The third kappa shape index (κ3) is 1.04. The molecule has 3 heteroatoms. The lowest BCUT2D eigenvalue weighted by Crippen LogP contribution is -2.41. The Morgan fingerprint density at radius 3 is 2.58 bits per heavy atom. The molecule has 0 aromatic heterocycles. The van der Waals surface area contributed by atoms with Crippen LogP contribution in [0.4, 0.5) is 0 Å². The van der Waals surface area contributed by atoms with Crippen LogP contribution >= 0.6 is 0 Å². The molecular formula is C9H12O3. The second kappa shape index (κ2) is 2.57. The highest BCUT2D eigenvalue weighted by Crippen LogP contribution is 2.42. The number of aliphatic carboxylic acids is 1. The quantitative estimate of drug-likeness (QED) is 0.637. The van der Waals surface area contributed by atoms with E-state index in [9.17, 15) is 9.59 Å². The number of carbonyl (C=O) groups excluding carboxylic acids is 1. The van der Waals surface area contributed by atoms with E-state index < -0.39 is 5.97 Å². The number of carboxylic acid groups (broad SMARTS) is 1. The molecule has 0 aliphatic heterocycles. The second-order valence-electron chi connectivity index (χ2n) is 3.89. The molecule has 3 fully saturated rings. The molecule has 0 saturated heterocycles. The fourth-order valence-electron chi connectivity index (χ4n) is 2.50. The number of Topliss-reactive ketones (excluding diaryl/α,β-unsaturated/α-hetero) is 1. The highest BCUT2D eigenvalue weighted by Gasteiger charge is 2.43. The SMILES string of the molecule is O=C1C[C@@H]2CC[C@H]1C[C@@H]2C(=O)O. The Hall–Kier alpha value is -0.860. The van der Waals surface area contributed by atoms with E-state index in [1.807, 2.05) is 0 Å². The van der Waals surface area contributed by atoms with E-state index in [0.717, 1.165) is 12.8 Å². The molecular weight excluding hydrogens is 156 g/mol. The molecule has 66 valence electrons. The molecule has 3 saturated carbocycles. The Labute approximate surface area is 70.8 Å². The number of carboxylic acids is 1. The number of hydrogen-bond donors (Lipinski definition) is 1. The third-order valence-corrected chi connectivity index (χ3v) is 3.23. The number of carbonyl (C=O) groups is 2. The van der Waals surface area contributed by atoms with Gasteiger partial charge in [0.2, 0.25) is 0 Å². The highest BCUT2D eigenvalue weighted by atomic mass is 16.4. The van der Waals surface area contributed by atoms with Gasteiger partial charge in [-0.25, -0.2) is 0 Å². The summed E-state index contributed by atoms with van der Waals surface area (Å²) in [6, 6.07) is 0. The van der Waals surface area contributed by atoms with Crippen molar-refractivity contribution >= 4 is 11.8 Å². The molecule has 0 aromatic rings. The molecule has 0 unspecified atom stereocenters. The fourth-order valence-corrected chi connectivity index (χ4v) is 2.50. The summed E-state index contributed by atoms with van der Waals surface area (Å²) in [7, 11) is 0. The highest BCUT2D eigenvalue weighted by molar-refractivity contribution is 5.85. The van der Waals surface area contributed by atoms with Gasteiger partial charge in [0.15, 0.2) is 0 Å². The summed E-state index contributed by atoms with van der Waals surface area (Å²) >= 11 is 0. The van der Waals surface area contributed by atoms with Crippen LogP contribution in [0.3, 0.4) is 0 Å². The summed E-state index contributed by atoms with van der Waals surface area (Å²) in [6.45, 7) is 0. The van der Waals surface area contributed by atoms with Crippen molar-refractivity contribution in [2.75, 3.05) is 0 Å². The summed E-state index contributed by atoms with van der Waals surface area (Å²) in [5.74, 6) is -0.446. The van der Waals surface area contributed by atoms with E-state index in [-0.39, 0.29) is 17.8 Å². The smallest absolute Gasteiger partial charge is 0.306 e. The Morgan fingerprint density at radius 1 is 1.42 bits per heavy atom. The maximum absolute atomic E-state index is 11.2. The first-order valence-electron chi connectivity index (χ1n) is 4.44. The average molecular weight is 168 g/mol. The second-order valence-corrected chi connectivity index (χ2v) is 3.89. The molecule has 12 heavy (non-hydrogen) atoms. The lowest BCUT2D eigenvalue weighted by atomic mass is 9.64. The minimum absolute atomic E-state index is 0.0658. The standard InChI is InChI=1S/C9H12O3/c10-8-4-5-1-2-6(8)3-7(5)9(11)12/h5-7H,1-4H2,(H,11,12)/t5-,6-,7-/m0/s1. The van der Waals surface area contributed by atoms with Crippen molar-refractivity contribution < 1.29 is 14.7 Å². The van der Waals surface area contributed by atoms with Crippen molar-refractivity contribution in [3.63, 3.8) is 0 Å². The van der Waals surface area contributed by atoms with E-state index in [4.69, 9.17) is 5.11 Å². The van der Waals surface area contributed by atoms with Crippen molar-refractivity contribution in [2.24, 2.45) is 17.8 Å². The largest absolute Gasteiger partial charge is 0.481 e. The molecule has 3 nitrogen and oxygen atoms in total. The van der Waals surface area contributed by atoms with Crippen molar-refractivity contribution in [3.8, 4) is 0 Å². The van der Waals surface area contributed by atoms with Crippen LogP contribution in [0.5, 0.6) is 0 Å². The van der Waals surface area contributed by atoms with Crippen molar-refractivity contribution in [3.05, 3.63) is 0 Å². The molecule has 3 aliphatic rings. The Kier molecular flexibility index (Phi) is 1.67. The molecule has 0 radical (unpaired) electrons. The van der Waals surface area contributed by atoms with E-state index in [0.29, 0.717) is 18.6 Å². The summed E-state index contributed by atoms with van der Waals surface area (Å²) in [5.41, 5.74) is 0. The van der Waals surface area contributed by atoms with Gasteiger partial charge in [-0.3, -0.25) is 9.59 Å². The molecule has 0 aromatic carbocycles. The van der Waals surface area contributed by atoms with Gasteiger partial charge in [-0.1, -0.05) is 0 Å². The first kappa shape index (κ1) is 7.77. The van der Waals surface area contributed by atoms with Crippen LogP contribution in [0.2, 0.25) is 0 Å². The van der Waals surface area contributed by atoms with Gasteiger partial charge in [-0.05, 0) is 25.2 Å². The van der Waals surface area contributed by atoms with Gasteiger partial charge in [-0.2, -0.15) is 0 Å². The normalized spacial score (nSPS) is 40.0. The molecule has 3 atom stereocenters. The van der Waals surface area contributed by atoms with Gasteiger partial charge >= 0.3 is 5.97 Å². The summed E-state index contributed by atoms with van der Waals surface area (Å²) < 4.78 is 0. The van der Waals surface area contributed by atoms with Crippen LogP contribution in [-0.4, -0.2) is 16.9 Å². The fraction of sp³-hybridized carbons (Fsp3) is 0.778. The van der Waals surface area contributed by atoms with Gasteiger partial charge in [0.1, 0.15) is 5.78 Å². The number of ketones is 1. The lowest BCUT2D eigenvalue weighted by molar-refractivity contribution is -0.150. The maximum atomic E-state index is 11.2. The number of rotatable bonds is 1. The predicted molar refractivity (Wildman–Crippen MR) is 41.6 cm³/mol. The zero-order valence-electron chi connectivity index (χ0n) is 6.82. The van der Waals surface area contributed by atoms with Gasteiger partial charge in [0.05, 0.1) is 5.92 Å². The monoisotopic (exact) mass is 168 g/mol. The van der Waals surface area contributed by atoms with E-state index in [1.165, 1.54) is 0 Å². The maximum Gasteiger partial charge on any atom is 0.306 e. The minimum atomic E-state index is -0.711. The molecule has 2 bridgehead atoms. The Morgan fingerprint density at radius 2 is 2.17 bits per heavy atom. The number of fused-ring (bicyclic) bond motifs is 3. The summed E-state index contributed by atoms with van der Waals surface area (Å²) in [4.78, 5) is 22.0. The van der Waals surface area contributed by atoms with Gasteiger partial charge in [0.25, 0.3) is 0 Å². The van der Waals surface area contributed by atoms with Crippen LogP contribution in [0.25, 0.3) is 0 Å². The molecule has 3 aliphatic carbocycles. The van der Waals surface area contributed by atoms with Crippen molar-refractivity contribution in [2.45, 2.75) is 25.7 Å². The van der Waals surface area contributed by atoms with Crippen LogP contribution in [0.1, 0.15) is 25.7 Å². The molecule has 3 rings (SSSR count). The Bertz CT molecular complexity index is 234. The first-order chi connectivity index (χ1) is 5.68. The molecule has 0 amide bonds. The van der Waals surface area contributed by atoms with Crippen LogP contribution in [-0.2, 0) is 9.59 Å². The molecule has 0 heterocycles. The third-order valence-electron chi connectivity index (χ3n) is 3.23. The number of hydrogen-bond acceptors (Lipinski definition) is 2. The predicted octanol–water partition coefficient (Wildman–Crippen LogP) is 1.08. The van der Waals surface area contributed by atoms with Crippen molar-refractivity contribution in [1.82, 2.24) is 0 Å². The van der Waals surface area contributed by atoms with Gasteiger partial charge in [0, 0.05) is 12.3 Å². The van der Waals surface area contributed by atoms with Gasteiger partial charge in [-0.15, -0.1) is 0 Å². The van der Waals surface area contributed by atoms with Crippen molar-refractivity contribution in [1.29, 1.82) is 0 Å². The van der Waals surface area contributed by atoms with Crippen LogP contribution < -0.4 is 0 Å². The lowest BCUT2D eigenvalue weighted by Gasteiger charge is -2.38. The topological polar surface area (TPSA) is 54.4 Å². The van der Waals surface area contributed by atoms with E-state index >= 15 is 0 Å². The Balaban J connectivity index is 2.15. The summed E-state index contributed by atoms with van der Waals surface area (Å²) in [5, 5.41) is 8.84. The van der Waals surface area contributed by atoms with Crippen LogP contribution in [0, 0.1) is 17.8 Å². The zero-order valence-corrected chi connectivity index (χ0v) is 6.82. The van der Waals surface area contributed by atoms with Gasteiger partial charge < -0.3 is 5.11 Å². The minimum Gasteiger partial charge on any atom is -0.481 e. The zero-order chi connectivity index (χ0) is 8.72. The first-order valence-corrected chi connectivity index (χ1v) is 4.44.